The highest BCUT2D eigenvalue weighted by atomic mass is 19.2. The van der Waals surface area contributed by atoms with E-state index in [1.807, 2.05) is 19.1 Å². The van der Waals surface area contributed by atoms with Crippen LogP contribution in [0.25, 0.3) is 0 Å². The van der Waals surface area contributed by atoms with Gasteiger partial charge < -0.3 is 19.8 Å². The van der Waals surface area contributed by atoms with E-state index >= 15 is 0 Å². The van der Waals surface area contributed by atoms with Gasteiger partial charge in [0, 0.05) is 58.4 Å². The fraction of sp³-hybridized carbons (Fsp3) is 0.542. The molecule has 1 fully saturated rings. The van der Waals surface area contributed by atoms with Crippen molar-refractivity contribution in [2.75, 3.05) is 39.4 Å². The topological polar surface area (TPSA) is 62.0 Å². The molecule has 1 aromatic carbocycles. The van der Waals surface area contributed by atoms with Crippen LogP contribution in [-0.4, -0.2) is 56.3 Å². The zero-order valence-corrected chi connectivity index (χ0v) is 18.8. The summed E-state index contributed by atoms with van der Waals surface area (Å²) < 4.78 is 37.4. The molecular weight excluding hydrogens is 414 g/mol. The third-order valence-electron chi connectivity index (χ3n) is 5.48. The Hall–Kier alpha value is -2.45. The molecule has 2 heterocycles. The van der Waals surface area contributed by atoms with Gasteiger partial charge in [0.1, 0.15) is 5.76 Å². The molecule has 0 unspecified atom stereocenters. The normalized spacial score (nSPS) is 15.8. The van der Waals surface area contributed by atoms with E-state index in [1.165, 1.54) is 12.1 Å². The van der Waals surface area contributed by atoms with Crippen molar-refractivity contribution >= 4 is 5.96 Å². The van der Waals surface area contributed by atoms with Crippen LogP contribution in [0.4, 0.5) is 8.78 Å². The largest absolute Gasteiger partial charge is 0.469 e. The van der Waals surface area contributed by atoms with Crippen LogP contribution in [0.5, 0.6) is 0 Å². The number of halogens is 2. The number of benzene rings is 1. The third kappa shape index (κ3) is 8.24. The van der Waals surface area contributed by atoms with Crippen molar-refractivity contribution in [1.29, 1.82) is 0 Å². The van der Waals surface area contributed by atoms with Crippen molar-refractivity contribution in [3.05, 3.63) is 59.6 Å². The van der Waals surface area contributed by atoms with E-state index in [2.05, 4.69) is 15.5 Å². The summed E-state index contributed by atoms with van der Waals surface area (Å²) in [4.78, 5) is 6.98. The molecule has 176 valence electrons. The van der Waals surface area contributed by atoms with Gasteiger partial charge in [-0.3, -0.25) is 9.89 Å². The number of aliphatic imine (C=N–C) groups is 1. The van der Waals surface area contributed by atoms with Gasteiger partial charge in [0.05, 0.1) is 6.26 Å². The molecule has 0 amide bonds. The number of piperidine rings is 1. The van der Waals surface area contributed by atoms with E-state index in [0.29, 0.717) is 25.7 Å². The van der Waals surface area contributed by atoms with Crippen LogP contribution < -0.4 is 10.6 Å². The predicted molar refractivity (Wildman–Crippen MR) is 122 cm³/mol. The Morgan fingerprint density at radius 2 is 2.06 bits per heavy atom. The lowest BCUT2D eigenvalue weighted by Crippen LogP contribution is -2.49. The molecule has 1 aliphatic rings. The third-order valence-corrected chi connectivity index (χ3v) is 5.48. The van der Waals surface area contributed by atoms with Crippen LogP contribution in [0, 0.1) is 11.6 Å². The summed E-state index contributed by atoms with van der Waals surface area (Å²) in [6.07, 6.45) is 5.28. The Morgan fingerprint density at radius 1 is 1.22 bits per heavy atom. The van der Waals surface area contributed by atoms with Crippen molar-refractivity contribution in [3.63, 3.8) is 0 Å². The van der Waals surface area contributed by atoms with Gasteiger partial charge in [-0.1, -0.05) is 6.07 Å². The number of nitrogens with zero attached hydrogens (tertiary/aromatic N) is 2. The molecule has 2 N–H and O–H groups in total. The first kappa shape index (κ1) is 24.2. The number of rotatable bonds is 11. The summed E-state index contributed by atoms with van der Waals surface area (Å²) in [6.45, 7) is 7.27. The van der Waals surface area contributed by atoms with Gasteiger partial charge in [0.2, 0.25) is 0 Å². The maximum atomic E-state index is 13.5. The van der Waals surface area contributed by atoms with E-state index in [4.69, 9.17) is 14.1 Å². The molecule has 32 heavy (non-hydrogen) atoms. The summed E-state index contributed by atoms with van der Waals surface area (Å²) in [5.74, 6) is 0.167. The first-order chi connectivity index (χ1) is 15.6. The first-order valence-electron chi connectivity index (χ1n) is 11.4. The predicted octanol–water partition coefficient (Wildman–Crippen LogP) is 3.73. The van der Waals surface area contributed by atoms with Crippen molar-refractivity contribution in [1.82, 2.24) is 15.5 Å². The average molecular weight is 449 g/mol. The van der Waals surface area contributed by atoms with Crippen LogP contribution >= 0.6 is 0 Å². The molecular formula is C24H34F2N4O2. The van der Waals surface area contributed by atoms with Gasteiger partial charge in [0.25, 0.3) is 0 Å². The van der Waals surface area contributed by atoms with Gasteiger partial charge in [-0.05, 0) is 56.0 Å². The van der Waals surface area contributed by atoms with E-state index in [0.717, 1.165) is 69.2 Å². The summed E-state index contributed by atoms with van der Waals surface area (Å²) >= 11 is 0. The van der Waals surface area contributed by atoms with Crippen LogP contribution in [0.3, 0.4) is 0 Å². The molecule has 0 spiro atoms. The SMILES string of the molecule is CCOCCCN=C(NCCc1ccco1)NC1CCN(Cc2ccc(F)c(F)c2)CC1. The van der Waals surface area contributed by atoms with Crippen molar-refractivity contribution < 1.29 is 17.9 Å². The molecule has 1 aromatic heterocycles. The van der Waals surface area contributed by atoms with E-state index in [-0.39, 0.29) is 0 Å². The highest BCUT2D eigenvalue weighted by Gasteiger charge is 2.20. The maximum Gasteiger partial charge on any atom is 0.191 e. The smallest absolute Gasteiger partial charge is 0.191 e. The fourth-order valence-electron chi connectivity index (χ4n) is 3.74. The number of hydrogen-bond donors (Lipinski definition) is 2. The minimum atomic E-state index is -0.802. The first-order valence-corrected chi connectivity index (χ1v) is 11.4. The quantitative estimate of drug-likeness (QED) is 0.312. The molecule has 8 heteroatoms. The minimum absolute atomic E-state index is 0.318. The molecule has 1 aliphatic heterocycles. The van der Waals surface area contributed by atoms with Gasteiger partial charge in [-0.2, -0.15) is 0 Å². The monoisotopic (exact) mass is 448 g/mol. The molecule has 6 nitrogen and oxygen atoms in total. The molecule has 0 atom stereocenters. The molecule has 0 saturated carbocycles. The summed E-state index contributed by atoms with van der Waals surface area (Å²) in [5.41, 5.74) is 0.798. The lowest BCUT2D eigenvalue weighted by molar-refractivity contribution is 0.146. The average Bonchev–Trinajstić information content (AvgIpc) is 3.31. The molecule has 0 bridgehead atoms. The van der Waals surface area contributed by atoms with Crippen LogP contribution in [-0.2, 0) is 17.7 Å². The van der Waals surface area contributed by atoms with Gasteiger partial charge in [-0.25, -0.2) is 8.78 Å². The lowest BCUT2D eigenvalue weighted by atomic mass is 10.0. The molecule has 2 aromatic rings. The minimum Gasteiger partial charge on any atom is -0.469 e. The number of ether oxygens (including phenoxy) is 1. The van der Waals surface area contributed by atoms with E-state index in [9.17, 15) is 8.78 Å². The summed E-state index contributed by atoms with van der Waals surface area (Å²) in [7, 11) is 0. The Balaban J connectivity index is 1.45. The molecule has 1 saturated heterocycles. The van der Waals surface area contributed by atoms with E-state index in [1.54, 1.807) is 12.3 Å². The van der Waals surface area contributed by atoms with Crippen molar-refractivity contribution in [2.45, 2.75) is 45.2 Å². The molecule has 3 rings (SSSR count). The zero-order chi connectivity index (χ0) is 22.6. The molecule has 0 radical (unpaired) electrons. The summed E-state index contributed by atoms with van der Waals surface area (Å²) in [6, 6.07) is 8.31. The Bertz CT molecular complexity index is 821. The number of guanidine groups is 1. The number of hydrogen-bond acceptors (Lipinski definition) is 4. The number of likely N-dealkylation sites (tertiary alicyclic amines) is 1. The zero-order valence-electron chi connectivity index (χ0n) is 18.8. The number of furan rings is 1. The lowest BCUT2D eigenvalue weighted by Gasteiger charge is -2.33. The fourth-order valence-corrected chi connectivity index (χ4v) is 3.74. The van der Waals surface area contributed by atoms with Gasteiger partial charge in [0.15, 0.2) is 17.6 Å². The van der Waals surface area contributed by atoms with Gasteiger partial charge >= 0.3 is 0 Å². The highest BCUT2D eigenvalue weighted by Crippen LogP contribution is 2.16. The summed E-state index contributed by atoms with van der Waals surface area (Å²) in [5, 5.41) is 6.97. The Labute approximate surface area is 189 Å². The van der Waals surface area contributed by atoms with Crippen molar-refractivity contribution in [2.24, 2.45) is 4.99 Å². The highest BCUT2D eigenvalue weighted by molar-refractivity contribution is 5.80. The van der Waals surface area contributed by atoms with Gasteiger partial charge in [-0.15, -0.1) is 0 Å². The van der Waals surface area contributed by atoms with Crippen LogP contribution in [0.2, 0.25) is 0 Å². The Morgan fingerprint density at radius 3 is 2.78 bits per heavy atom. The Kier molecular flexibility index (Phi) is 9.97. The number of nitrogens with one attached hydrogen (secondary N) is 2. The van der Waals surface area contributed by atoms with E-state index < -0.39 is 11.6 Å². The second-order valence-corrected chi connectivity index (χ2v) is 7.98. The second kappa shape index (κ2) is 13.2. The van der Waals surface area contributed by atoms with Crippen molar-refractivity contribution in [3.8, 4) is 0 Å². The maximum absolute atomic E-state index is 13.5. The molecule has 0 aliphatic carbocycles. The second-order valence-electron chi connectivity index (χ2n) is 7.98. The standard InChI is InChI=1S/C24H34F2N4O2/c1-2-31-15-4-11-27-24(28-12-8-21-5-3-16-32-21)29-20-9-13-30(14-10-20)18-19-6-7-22(25)23(26)17-19/h3,5-7,16-17,20H,2,4,8-15,18H2,1H3,(H2,27,28,29). The van der Waals surface area contributed by atoms with Crippen LogP contribution in [0.15, 0.2) is 46.0 Å². The van der Waals surface area contributed by atoms with Crippen LogP contribution in [0.1, 0.15) is 37.5 Å².